The predicted octanol–water partition coefficient (Wildman–Crippen LogP) is 2.30. The van der Waals surface area contributed by atoms with Crippen LogP contribution in [0.15, 0.2) is 11.6 Å². The first-order chi connectivity index (χ1) is 17.1. The molecule has 0 spiro atoms. The van der Waals surface area contributed by atoms with Gasteiger partial charge in [-0.1, -0.05) is 13.8 Å². The number of nitrogens with zero attached hydrogens (tertiary/aromatic N) is 1. The number of hydrogen-bond donors (Lipinski definition) is 4. The van der Waals surface area contributed by atoms with Crippen molar-refractivity contribution in [3.8, 4) is 0 Å². The fourth-order valence-corrected chi connectivity index (χ4v) is 9.49. The Balaban J connectivity index is 1.38. The van der Waals surface area contributed by atoms with Crippen LogP contribution in [0.2, 0.25) is 0 Å². The van der Waals surface area contributed by atoms with Gasteiger partial charge in [-0.05, 0) is 106 Å². The van der Waals surface area contributed by atoms with Crippen LogP contribution in [-0.4, -0.2) is 88.4 Å². The smallest absolute Gasteiger partial charge is 0.159 e. The van der Waals surface area contributed by atoms with Crippen LogP contribution in [0.4, 0.5) is 0 Å². The van der Waals surface area contributed by atoms with E-state index in [1.165, 1.54) is 0 Å². The summed E-state index contributed by atoms with van der Waals surface area (Å²) in [6.07, 6.45) is 7.01. The molecule has 3 saturated carbocycles. The van der Waals surface area contributed by atoms with E-state index in [4.69, 9.17) is 4.74 Å². The van der Waals surface area contributed by atoms with E-state index >= 15 is 0 Å². The number of carbonyl (C=O) groups excluding carboxylic acids is 1. The van der Waals surface area contributed by atoms with Gasteiger partial charge in [-0.25, -0.2) is 0 Å². The van der Waals surface area contributed by atoms with Crippen LogP contribution in [-0.2, 0) is 9.53 Å². The zero-order chi connectivity index (χ0) is 25.9. The Kier molecular flexibility index (Phi) is 7.23. The van der Waals surface area contributed by atoms with Crippen molar-refractivity contribution in [1.82, 2.24) is 4.90 Å². The van der Waals surface area contributed by atoms with Gasteiger partial charge in [0.25, 0.3) is 0 Å². The number of carbonyl (C=O) groups is 1. The van der Waals surface area contributed by atoms with E-state index in [9.17, 15) is 25.2 Å². The molecular formula is C29H47NO6. The van der Waals surface area contributed by atoms with E-state index in [0.29, 0.717) is 25.3 Å². The summed E-state index contributed by atoms with van der Waals surface area (Å²) in [4.78, 5) is 15.8. The van der Waals surface area contributed by atoms with Crippen LogP contribution in [0, 0.1) is 34.5 Å². The second kappa shape index (κ2) is 9.73. The van der Waals surface area contributed by atoms with Crippen molar-refractivity contribution in [3.63, 3.8) is 0 Å². The molecule has 9 atom stereocenters. The van der Waals surface area contributed by atoms with E-state index in [1.54, 1.807) is 7.11 Å². The zero-order valence-electron chi connectivity index (χ0n) is 22.4. The third kappa shape index (κ3) is 3.95. The number of methoxy groups -OCH3 is 1. The summed E-state index contributed by atoms with van der Waals surface area (Å²) in [5.41, 5.74) is -0.164. The van der Waals surface area contributed by atoms with Crippen molar-refractivity contribution in [3.05, 3.63) is 11.6 Å². The Morgan fingerprint density at radius 1 is 1.08 bits per heavy atom. The van der Waals surface area contributed by atoms with Gasteiger partial charge in [0, 0.05) is 31.6 Å². The normalized spacial score (nSPS) is 46.6. The molecule has 36 heavy (non-hydrogen) atoms. The van der Waals surface area contributed by atoms with Crippen molar-refractivity contribution in [2.75, 3.05) is 33.4 Å². The van der Waals surface area contributed by atoms with Crippen molar-refractivity contribution < 1.29 is 30.0 Å². The molecule has 204 valence electrons. The Hall–Kier alpha value is -0.830. The van der Waals surface area contributed by atoms with Crippen LogP contribution >= 0.6 is 0 Å². The molecule has 4 fully saturated rings. The van der Waals surface area contributed by atoms with E-state index in [2.05, 4.69) is 18.7 Å². The van der Waals surface area contributed by atoms with Crippen LogP contribution < -0.4 is 0 Å². The van der Waals surface area contributed by atoms with Crippen molar-refractivity contribution >= 4 is 5.78 Å². The minimum atomic E-state index is -0.841. The number of ketones is 1. The maximum Gasteiger partial charge on any atom is 0.159 e. The Bertz CT molecular complexity index is 870. The Morgan fingerprint density at radius 2 is 1.81 bits per heavy atom. The monoisotopic (exact) mass is 505 g/mol. The third-order valence-electron chi connectivity index (χ3n) is 11.6. The summed E-state index contributed by atoms with van der Waals surface area (Å²) in [6.45, 7) is 7.26. The van der Waals surface area contributed by atoms with E-state index in [0.717, 1.165) is 63.6 Å². The number of aliphatic hydroxyl groups excluding tert-OH is 4. The Morgan fingerprint density at radius 3 is 2.47 bits per heavy atom. The molecule has 1 heterocycles. The van der Waals surface area contributed by atoms with Crippen LogP contribution in [0.25, 0.3) is 0 Å². The quantitative estimate of drug-likeness (QED) is 0.438. The molecular weight excluding hydrogens is 458 g/mol. The third-order valence-corrected chi connectivity index (χ3v) is 11.6. The molecule has 9 unspecified atom stereocenters. The summed E-state index contributed by atoms with van der Waals surface area (Å²) in [5.74, 6) is 0.611. The van der Waals surface area contributed by atoms with Crippen LogP contribution in [0.5, 0.6) is 0 Å². The lowest BCUT2D eigenvalue weighted by Crippen LogP contribution is -2.62. The predicted molar refractivity (Wildman–Crippen MR) is 136 cm³/mol. The lowest BCUT2D eigenvalue weighted by molar-refractivity contribution is -0.161. The molecule has 5 aliphatic rings. The first-order valence-electron chi connectivity index (χ1n) is 14.3. The number of hydrogen-bond acceptors (Lipinski definition) is 7. The topological polar surface area (TPSA) is 110 Å². The number of rotatable bonds is 6. The molecule has 0 amide bonds. The highest BCUT2D eigenvalue weighted by Crippen LogP contribution is 2.68. The van der Waals surface area contributed by atoms with Gasteiger partial charge in [-0.3, -0.25) is 4.79 Å². The standard InChI is InChI=1S/C29H47NO6/c1-27-16-25(34)24(33)15-22(27)23(32)14-21-19(27)4-9-28(2)20(5-10-29(21,28)36-3)26(35)17-30-11-6-18(7-12-30)8-13-31/h14,18-20,22,24-26,31,33-35H,4-13,15-17H2,1-3H3. The van der Waals surface area contributed by atoms with Crippen LogP contribution in [0.1, 0.15) is 71.6 Å². The van der Waals surface area contributed by atoms with Gasteiger partial charge in [0.05, 0.1) is 23.9 Å². The maximum absolute atomic E-state index is 13.4. The molecule has 7 nitrogen and oxygen atoms in total. The first kappa shape index (κ1) is 26.8. The van der Waals surface area contributed by atoms with Gasteiger partial charge in [-0.15, -0.1) is 0 Å². The second-order valence-electron chi connectivity index (χ2n) is 13.1. The summed E-state index contributed by atoms with van der Waals surface area (Å²) in [5, 5.41) is 41.7. The molecule has 7 heteroatoms. The van der Waals surface area contributed by atoms with Gasteiger partial charge in [0.15, 0.2) is 5.78 Å². The number of allylic oxidation sites excluding steroid dienone is 1. The lowest BCUT2D eigenvalue weighted by atomic mass is 9.46. The Labute approximate surface area is 215 Å². The number of β-amino-alcohol motifs (C(OH)–C–C–N with tert-alkyl or cyclic N) is 1. The zero-order valence-corrected chi connectivity index (χ0v) is 22.4. The highest BCUT2D eigenvalue weighted by Gasteiger charge is 2.68. The first-order valence-corrected chi connectivity index (χ1v) is 14.3. The molecule has 1 aliphatic heterocycles. The summed E-state index contributed by atoms with van der Waals surface area (Å²) in [7, 11) is 1.76. The van der Waals surface area contributed by atoms with Gasteiger partial charge in [0.1, 0.15) is 0 Å². The summed E-state index contributed by atoms with van der Waals surface area (Å²) >= 11 is 0. The van der Waals surface area contributed by atoms with E-state index in [1.807, 2.05) is 6.08 Å². The highest BCUT2D eigenvalue weighted by atomic mass is 16.5. The van der Waals surface area contributed by atoms with Crippen molar-refractivity contribution in [2.24, 2.45) is 34.5 Å². The molecule has 0 aromatic heterocycles. The summed E-state index contributed by atoms with van der Waals surface area (Å²) in [6, 6.07) is 0. The number of piperidine rings is 1. The summed E-state index contributed by atoms with van der Waals surface area (Å²) < 4.78 is 6.43. The largest absolute Gasteiger partial charge is 0.396 e. The second-order valence-corrected chi connectivity index (χ2v) is 13.1. The maximum atomic E-state index is 13.4. The number of aliphatic hydroxyl groups is 4. The fourth-order valence-electron chi connectivity index (χ4n) is 9.49. The van der Waals surface area contributed by atoms with Gasteiger partial charge in [-0.2, -0.15) is 0 Å². The minimum absolute atomic E-state index is 0.0603. The van der Waals surface area contributed by atoms with Crippen LogP contribution in [0.3, 0.4) is 0 Å². The lowest BCUT2D eigenvalue weighted by Gasteiger charge is -2.61. The molecule has 4 aliphatic carbocycles. The van der Waals surface area contributed by atoms with Gasteiger partial charge < -0.3 is 30.1 Å². The molecule has 0 radical (unpaired) electrons. The van der Waals surface area contributed by atoms with Crippen molar-refractivity contribution in [2.45, 2.75) is 95.5 Å². The van der Waals surface area contributed by atoms with E-state index < -0.39 is 23.9 Å². The molecule has 5 rings (SSSR count). The van der Waals surface area contributed by atoms with Gasteiger partial charge >= 0.3 is 0 Å². The molecule has 0 aromatic rings. The SMILES string of the molecule is COC12CCC(C(O)CN3CCC(CCO)CC3)C1(C)CCC1C2=CC(=O)C2CC(O)C(O)CC21C. The minimum Gasteiger partial charge on any atom is -0.396 e. The van der Waals surface area contributed by atoms with Gasteiger partial charge in [0.2, 0.25) is 0 Å². The average Bonchev–Trinajstić information content (AvgIpc) is 3.16. The highest BCUT2D eigenvalue weighted by molar-refractivity contribution is 5.95. The molecule has 4 N–H and O–H groups in total. The molecule has 0 aromatic carbocycles. The van der Waals surface area contributed by atoms with Crippen molar-refractivity contribution in [1.29, 1.82) is 0 Å². The van der Waals surface area contributed by atoms with E-state index in [-0.39, 0.29) is 41.0 Å². The number of ether oxygens (including phenoxy) is 1. The fraction of sp³-hybridized carbons (Fsp3) is 0.897. The molecule has 0 bridgehead atoms. The molecule has 1 saturated heterocycles. The average molecular weight is 506 g/mol. The number of fused-ring (bicyclic) bond motifs is 5. The number of likely N-dealkylation sites (tertiary alicyclic amines) is 1.